The first kappa shape index (κ1) is 9.28. The maximum Gasteiger partial charge on any atom is 0.0762 e. The predicted octanol–water partition coefficient (Wildman–Crippen LogP) is 2.54. The molecule has 1 atom stereocenters. The van der Waals surface area contributed by atoms with Crippen LogP contribution in [0.2, 0.25) is 0 Å². The third-order valence-corrected chi connectivity index (χ3v) is 2.70. The molecule has 1 unspecified atom stereocenters. The van der Waals surface area contributed by atoms with E-state index >= 15 is 0 Å². The molecule has 0 aliphatic rings. The molecule has 0 aliphatic heterocycles. The van der Waals surface area contributed by atoms with Crippen LogP contribution in [-0.2, 0) is 7.05 Å². The lowest BCUT2D eigenvalue weighted by molar-refractivity contribution is 0.199. The number of hydrogen-bond donors (Lipinski definition) is 1. The van der Waals surface area contributed by atoms with Gasteiger partial charge >= 0.3 is 0 Å². The smallest absolute Gasteiger partial charge is 0.0762 e. The first-order valence-corrected chi connectivity index (χ1v) is 4.83. The molecule has 1 aromatic carbocycles. The summed E-state index contributed by atoms with van der Waals surface area (Å²) in [7, 11) is 2.04. The summed E-state index contributed by atoms with van der Waals surface area (Å²) in [4.78, 5) is 0. The molecule has 0 aliphatic carbocycles. The first-order chi connectivity index (χ1) is 6.59. The average molecular weight is 189 g/mol. The van der Waals surface area contributed by atoms with Gasteiger partial charge in [0.15, 0.2) is 0 Å². The summed E-state index contributed by atoms with van der Waals surface area (Å²) < 4.78 is 2.11. The van der Waals surface area contributed by atoms with Gasteiger partial charge < -0.3 is 9.67 Å². The van der Waals surface area contributed by atoms with Crippen molar-refractivity contribution in [3.63, 3.8) is 0 Å². The third-order valence-electron chi connectivity index (χ3n) is 2.70. The molecule has 0 bridgehead atoms. The van der Waals surface area contributed by atoms with Crippen molar-refractivity contribution in [2.45, 2.75) is 20.0 Å². The highest BCUT2D eigenvalue weighted by molar-refractivity contribution is 5.84. The fourth-order valence-corrected chi connectivity index (χ4v) is 1.87. The number of aliphatic hydroxyl groups is 1. The lowest BCUT2D eigenvalue weighted by Gasteiger charge is -2.05. The highest BCUT2D eigenvalue weighted by atomic mass is 16.3. The molecule has 2 nitrogen and oxygen atoms in total. The zero-order chi connectivity index (χ0) is 10.3. The summed E-state index contributed by atoms with van der Waals surface area (Å²) in [6.45, 7) is 3.88. The van der Waals surface area contributed by atoms with Crippen molar-refractivity contribution in [1.82, 2.24) is 4.57 Å². The number of aryl methyl sites for hydroxylation is 2. The molecule has 74 valence electrons. The van der Waals surface area contributed by atoms with E-state index in [0.29, 0.717) is 0 Å². The quantitative estimate of drug-likeness (QED) is 0.732. The summed E-state index contributed by atoms with van der Waals surface area (Å²) in [6.07, 6.45) is 1.72. The fourth-order valence-electron chi connectivity index (χ4n) is 1.87. The van der Waals surface area contributed by atoms with E-state index in [1.165, 1.54) is 16.5 Å². The van der Waals surface area contributed by atoms with Crippen LogP contribution in [-0.4, -0.2) is 9.67 Å². The minimum atomic E-state index is -0.390. The number of fused-ring (bicyclic) bond motifs is 1. The molecule has 1 heterocycles. The molecule has 14 heavy (non-hydrogen) atoms. The van der Waals surface area contributed by atoms with Crippen LogP contribution in [0.5, 0.6) is 0 Å². The summed E-state index contributed by atoms with van der Waals surface area (Å²) in [5.74, 6) is 0. The first-order valence-electron chi connectivity index (χ1n) is 4.83. The Morgan fingerprint density at radius 2 is 2.07 bits per heavy atom. The van der Waals surface area contributed by atoms with Crippen LogP contribution in [0.4, 0.5) is 0 Å². The normalized spacial score (nSPS) is 13.4. The number of hydrogen-bond acceptors (Lipinski definition) is 1. The van der Waals surface area contributed by atoms with Gasteiger partial charge in [0.1, 0.15) is 0 Å². The van der Waals surface area contributed by atoms with E-state index in [1.54, 1.807) is 6.92 Å². The van der Waals surface area contributed by atoms with Crippen LogP contribution in [0.1, 0.15) is 24.2 Å². The Balaban J connectivity index is 2.71. The Bertz CT molecular complexity index is 468. The maximum atomic E-state index is 9.47. The van der Waals surface area contributed by atoms with E-state index in [-0.39, 0.29) is 6.10 Å². The Kier molecular flexibility index (Phi) is 2.08. The molecule has 1 N–H and O–H groups in total. The van der Waals surface area contributed by atoms with E-state index in [2.05, 4.69) is 29.8 Å². The van der Waals surface area contributed by atoms with Crippen LogP contribution in [0.3, 0.4) is 0 Å². The van der Waals surface area contributed by atoms with E-state index in [9.17, 15) is 5.11 Å². The largest absolute Gasteiger partial charge is 0.389 e. The zero-order valence-corrected chi connectivity index (χ0v) is 8.78. The van der Waals surface area contributed by atoms with Crippen LogP contribution in [0, 0.1) is 6.92 Å². The molecule has 1 aromatic heterocycles. The molecule has 2 aromatic rings. The number of aromatic nitrogens is 1. The lowest BCUT2D eigenvalue weighted by Crippen LogP contribution is -1.90. The summed E-state index contributed by atoms with van der Waals surface area (Å²) in [5, 5.41) is 10.7. The van der Waals surface area contributed by atoms with Gasteiger partial charge in [0.2, 0.25) is 0 Å². The highest BCUT2D eigenvalue weighted by Gasteiger charge is 2.06. The molecule has 0 amide bonds. The van der Waals surface area contributed by atoms with Gasteiger partial charge in [0.05, 0.1) is 6.10 Å². The maximum absolute atomic E-state index is 9.47. The predicted molar refractivity (Wildman–Crippen MR) is 58.3 cm³/mol. The van der Waals surface area contributed by atoms with Crippen LogP contribution >= 0.6 is 0 Å². The SMILES string of the molecule is Cc1cn(C)c2ccc(C(C)O)cc12. The molecule has 2 heteroatoms. The monoisotopic (exact) mass is 189 g/mol. The summed E-state index contributed by atoms with van der Waals surface area (Å²) >= 11 is 0. The third kappa shape index (κ3) is 1.32. The van der Waals surface area contributed by atoms with Crippen molar-refractivity contribution in [1.29, 1.82) is 0 Å². The Morgan fingerprint density at radius 3 is 2.71 bits per heavy atom. The number of benzene rings is 1. The zero-order valence-electron chi connectivity index (χ0n) is 8.78. The van der Waals surface area contributed by atoms with Gasteiger partial charge in [-0.2, -0.15) is 0 Å². The van der Waals surface area contributed by atoms with E-state index in [1.807, 2.05) is 13.1 Å². The molecule has 2 rings (SSSR count). The Hall–Kier alpha value is -1.28. The molecule has 0 saturated heterocycles. The number of aliphatic hydroxyl groups excluding tert-OH is 1. The number of nitrogens with zero attached hydrogens (tertiary/aromatic N) is 1. The molecule has 0 fully saturated rings. The minimum Gasteiger partial charge on any atom is -0.389 e. The van der Waals surface area contributed by atoms with Gasteiger partial charge in [-0.25, -0.2) is 0 Å². The average Bonchev–Trinajstić information content (AvgIpc) is 2.42. The van der Waals surface area contributed by atoms with E-state index in [4.69, 9.17) is 0 Å². The van der Waals surface area contributed by atoms with Crippen molar-refractivity contribution in [2.75, 3.05) is 0 Å². The van der Waals surface area contributed by atoms with E-state index < -0.39 is 0 Å². The van der Waals surface area contributed by atoms with Crippen LogP contribution in [0.15, 0.2) is 24.4 Å². The number of rotatable bonds is 1. The second-order valence-corrected chi connectivity index (χ2v) is 3.88. The van der Waals surface area contributed by atoms with Crippen LogP contribution in [0.25, 0.3) is 10.9 Å². The van der Waals surface area contributed by atoms with Gasteiger partial charge in [-0.3, -0.25) is 0 Å². The van der Waals surface area contributed by atoms with Gasteiger partial charge in [0, 0.05) is 24.1 Å². The molecule has 0 radical (unpaired) electrons. The molecule has 0 saturated carbocycles. The van der Waals surface area contributed by atoms with Gasteiger partial charge in [0.25, 0.3) is 0 Å². The van der Waals surface area contributed by atoms with Crippen molar-refractivity contribution in [2.24, 2.45) is 7.05 Å². The van der Waals surface area contributed by atoms with Gasteiger partial charge in [-0.1, -0.05) is 6.07 Å². The van der Waals surface area contributed by atoms with Crippen molar-refractivity contribution in [3.05, 3.63) is 35.5 Å². The summed E-state index contributed by atoms with van der Waals surface area (Å²) in [5.41, 5.74) is 3.45. The molecular weight excluding hydrogens is 174 g/mol. The Labute approximate surface area is 83.8 Å². The van der Waals surface area contributed by atoms with Crippen molar-refractivity contribution < 1.29 is 5.11 Å². The lowest BCUT2D eigenvalue weighted by atomic mass is 10.1. The van der Waals surface area contributed by atoms with Crippen molar-refractivity contribution >= 4 is 10.9 Å². The standard InChI is InChI=1S/C12H15NO/c1-8-7-13(3)12-5-4-10(9(2)14)6-11(8)12/h4-7,9,14H,1-3H3. The van der Waals surface area contributed by atoms with Gasteiger partial charge in [-0.15, -0.1) is 0 Å². The van der Waals surface area contributed by atoms with E-state index in [0.717, 1.165) is 5.56 Å². The topological polar surface area (TPSA) is 25.2 Å². The van der Waals surface area contributed by atoms with Crippen LogP contribution < -0.4 is 0 Å². The molecular formula is C12H15NO. The Morgan fingerprint density at radius 1 is 1.36 bits per heavy atom. The fraction of sp³-hybridized carbons (Fsp3) is 0.333. The molecule has 0 spiro atoms. The summed E-state index contributed by atoms with van der Waals surface area (Å²) in [6, 6.07) is 6.10. The van der Waals surface area contributed by atoms with Gasteiger partial charge in [-0.05, 0) is 37.1 Å². The highest BCUT2D eigenvalue weighted by Crippen LogP contribution is 2.23. The van der Waals surface area contributed by atoms with Crippen molar-refractivity contribution in [3.8, 4) is 0 Å². The minimum absolute atomic E-state index is 0.390. The second-order valence-electron chi connectivity index (χ2n) is 3.88. The second kappa shape index (κ2) is 3.14.